The Bertz CT molecular complexity index is 1170. The summed E-state index contributed by atoms with van der Waals surface area (Å²) in [5.41, 5.74) is 0. The second-order valence-electron chi connectivity index (χ2n) is 18.9. The monoisotopic (exact) mass is 911 g/mol. The molecule has 0 amide bonds. The van der Waals surface area contributed by atoms with Crippen molar-refractivity contribution < 1.29 is 42.1 Å². The number of ether oxygens (including phenoxy) is 2. The first-order valence-corrected chi connectivity index (χ1v) is 27.7. The van der Waals surface area contributed by atoms with Gasteiger partial charge in [-0.2, -0.15) is 0 Å². The summed E-state index contributed by atoms with van der Waals surface area (Å²) < 4.78 is 34.5. The van der Waals surface area contributed by atoms with Crippen molar-refractivity contribution in [2.24, 2.45) is 0 Å². The summed E-state index contributed by atoms with van der Waals surface area (Å²) in [5.74, 6) is -0.802. The highest BCUT2D eigenvalue weighted by Gasteiger charge is 2.27. The van der Waals surface area contributed by atoms with E-state index in [1.165, 1.54) is 154 Å². The third-order valence-electron chi connectivity index (χ3n) is 11.4. The normalized spacial score (nSPS) is 13.7. The number of phosphoric acid groups is 1. The standard InChI is InChI=1S/C53H100NO8P/c1-6-8-10-12-14-16-18-20-22-24-26-27-28-30-31-33-35-37-39-41-43-45-52(55)59-49-51(50-61-63(57,58)60-48-47-54(3,4)5)62-53(56)46-44-42-40-38-36-34-32-29-25-23-21-19-17-15-13-11-9-7-2/h17,19,23-26,51H,6-16,18,20-22,27-50H2,1-5H3/p+1/b19-17-,25-23-,26-24-. The van der Waals surface area contributed by atoms with E-state index in [0.717, 1.165) is 51.4 Å². The predicted octanol–water partition coefficient (Wildman–Crippen LogP) is 15.6. The number of carbonyl (C=O) groups excluding carboxylic acids is 2. The highest BCUT2D eigenvalue weighted by molar-refractivity contribution is 7.47. The van der Waals surface area contributed by atoms with E-state index < -0.39 is 26.5 Å². The fraction of sp³-hybridized carbons (Fsp3) is 0.849. The summed E-state index contributed by atoms with van der Waals surface area (Å²) in [6.45, 7) is 4.42. The maximum atomic E-state index is 12.8. The predicted molar refractivity (Wildman–Crippen MR) is 266 cm³/mol. The molecule has 0 spiro atoms. The maximum Gasteiger partial charge on any atom is 0.472 e. The number of likely N-dealkylation sites (N-methyl/N-ethyl adjacent to an activating group) is 1. The molecule has 0 aliphatic carbocycles. The number of nitrogens with zero attached hydrogens (tertiary/aromatic N) is 1. The first-order chi connectivity index (χ1) is 30.5. The lowest BCUT2D eigenvalue weighted by Crippen LogP contribution is -2.37. The van der Waals surface area contributed by atoms with E-state index in [-0.39, 0.29) is 32.0 Å². The van der Waals surface area contributed by atoms with Crippen molar-refractivity contribution in [3.63, 3.8) is 0 Å². The van der Waals surface area contributed by atoms with E-state index in [1.807, 2.05) is 21.1 Å². The Morgan fingerprint density at radius 3 is 1.29 bits per heavy atom. The third kappa shape index (κ3) is 49.5. The minimum Gasteiger partial charge on any atom is -0.462 e. The number of allylic oxidation sites excluding steroid dienone is 6. The average Bonchev–Trinajstić information content (AvgIpc) is 3.24. The molecule has 0 radical (unpaired) electrons. The zero-order valence-corrected chi connectivity index (χ0v) is 42.7. The van der Waals surface area contributed by atoms with E-state index in [0.29, 0.717) is 17.4 Å². The van der Waals surface area contributed by atoms with Crippen molar-refractivity contribution in [3.8, 4) is 0 Å². The molecule has 0 bridgehead atoms. The Kier molecular flexibility index (Phi) is 44.1. The van der Waals surface area contributed by atoms with Crippen LogP contribution in [0.15, 0.2) is 36.5 Å². The Hall–Kier alpha value is -1.77. The van der Waals surface area contributed by atoms with Gasteiger partial charge in [-0.1, -0.05) is 192 Å². The van der Waals surface area contributed by atoms with Gasteiger partial charge < -0.3 is 18.9 Å². The van der Waals surface area contributed by atoms with Crippen LogP contribution in [0.4, 0.5) is 0 Å². The minimum atomic E-state index is -4.38. The number of quaternary nitrogens is 1. The van der Waals surface area contributed by atoms with Crippen LogP contribution in [0.1, 0.15) is 239 Å². The van der Waals surface area contributed by atoms with Crippen molar-refractivity contribution in [2.75, 3.05) is 47.5 Å². The van der Waals surface area contributed by atoms with E-state index in [9.17, 15) is 19.0 Å². The summed E-state index contributed by atoms with van der Waals surface area (Å²) in [6.07, 6.45) is 53.3. The molecule has 0 saturated carbocycles. The van der Waals surface area contributed by atoms with Crippen molar-refractivity contribution >= 4 is 19.8 Å². The lowest BCUT2D eigenvalue weighted by molar-refractivity contribution is -0.870. The van der Waals surface area contributed by atoms with E-state index in [1.54, 1.807) is 0 Å². The number of rotatable bonds is 48. The third-order valence-corrected chi connectivity index (χ3v) is 12.4. The second-order valence-corrected chi connectivity index (χ2v) is 20.4. The number of phosphoric ester groups is 1. The fourth-order valence-electron chi connectivity index (χ4n) is 7.28. The van der Waals surface area contributed by atoms with Crippen LogP contribution < -0.4 is 0 Å². The molecule has 63 heavy (non-hydrogen) atoms. The van der Waals surface area contributed by atoms with Gasteiger partial charge in [-0.15, -0.1) is 0 Å². The molecular formula is C53H101NO8P+. The molecule has 0 aliphatic heterocycles. The van der Waals surface area contributed by atoms with Gasteiger partial charge in [0.2, 0.25) is 0 Å². The first-order valence-electron chi connectivity index (χ1n) is 26.2. The molecule has 0 aromatic carbocycles. The number of carbonyl (C=O) groups is 2. The van der Waals surface area contributed by atoms with Crippen molar-refractivity contribution in [2.45, 2.75) is 245 Å². The number of hydrogen-bond acceptors (Lipinski definition) is 7. The van der Waals surface area contributed by atoms with Crippen LogP contribution in [-0.4, -0.2) is 74.9 Å². The van der Waals surface area contributed by atoms with Gasteiger partial charge in [0.1, 0.15) is 19.8 Å². The number of hydrogen-bond donors (Lipinski definition) is 1. The summed E-state index contributed by atoms with van der Waals surface area (Å²) in [4.78, 5) is 35.6. The smallest absolute Gasteiger partial charge is 0.462 e. The summed E-state index contributed by atoms with van der Waals surface area (Å²) in [6, 6.07) is 0. The van der Waals surface area contributed by atoms with Crippen LogP contribution >= 0.6 is 7.82 Å². The molecular weight excluding hydrogens is 810 g/mol. The van der Waals surface area contributed by atoms with Gasteiger partial charge in [-0.25, -0.2) is 4.57 Å². The molecule has 9 nitrogen and oxygen atoms in total. The van der Waals surface area contributed by atoms with Gasteiger partial charge in [-0.05, 0) is 70.6 Å². The lowest BCUT2D eigenvalue weighted by Gasteiger charge is -2.24. The van der Waals surface area contributed by atoms with Crippen LogP contribution in [0, 0.1) is 0 Å². The zero-order chi connectivity index (χ0) is 46.4. The molecule has 370 valence electrons. The number of esters is 2. The van der Waals surface area contributed by atoms with Crippen LogP contribution in [-0.2, 0) is 32.7 Å². The summed E-state index contributed by atoms with van der Waals surface area (Å²) in [7, 11) is 1.47. The molecule has 1 N–H and O–H groups in total. The minimum absolute atomic E-state index is 0.0300. The van der Waals surface area contributed by atoms with Gasteiger partial charge >= 0.3 is 19.8 Å². The Labute approximate surface area is 389 Å². The van der Waals surface area contributed by atoms with Gasteiger partial charge in [0.15, 0.2) is 6.10 Å². The Balaban J connectivity index is 4.24. The maximum absolute atomic E-state index is 12.8. The molecule has 0 aliphatic rings. The van der Waals surface area contributed by atoms with Crippen molar-refractivity contribution in [1.29, 1.82) is 0 Å². The molecule has 0 fully saturated rings. The largest absolute Gasteiger partial charge is 0.472 e. The topological polar surface area (TPSA) is 108 Å². The molecule has 2 atom stereocenters. The molecule has 0 heterocycles. The van der Waals surface area contributed by atoms with Gasteiger partial charge in [0, 0.05) is 12.8 Å². The van der Waals surface area contributed by atoms with Crippen molar-refractivity contribution in [1.82, 2.24) is 0 Å². The second kappa shape index (κ2) is 45.4. The molecule has 0 aromatic rings. The van der Waals surface area contributed by atoms with E-state index >= 15 is 0 Å². The summed E-state index contributed by atoms with van der Waals surface area (Å²) in [5, 5.41) is 0. The van der Waals surface area contributed by atoms with Crippen LogP contribution in [0.5, 0.6) is 0 Å². The quantitative estimate of drug-likeness (QED) is 0.0211. The van der Waals surface area contributed by atoms with Gasteiger partial charge in [0.05, 0.1) is 27.7 Å². The molecule has 0 saturated heterocycles. The molecule has 2 unspecified atom stereocenters. The first kappa shape index (κ1) is 61.2. The Morgan fingerprint density at radius 1 is 0.492 bits per heavy atom. The lowest BCUT2D eigenvalue weighted by atomic mass is 10.1. The van der Waals surface area contributed by atoms with Crippen molar-refractivity contribution in [3.05, 3.63) is 36.5 Å². The zero-order valence-electron chi connectivity index (χ0n) is 41.8. The van der Waals surface area contributed by atoms with Crippen LogP contribution in [0.3, 0.4) is 0 Å². The molecule has 0 aromatic heterocycles. The average molecular weight is 911 g/mol. The molecule has 10 heteroatoms. The van der Waals surface area contributed by atoms with E-state index in [4.69, 9.17) is 18.5 Å². The van der Waals surface area contributed by atoms with Crippen LogP contribution in [0.2, 0.25) is 0 Å². The highest BCUT2D eigenvalue weighted by atomic mass is 31.2. The highest BCUT2D eigenvalue weighted by Crippen LogP contribution is 2.43. The molecule has 0 rings (SSSR count). The Morgan fingerprint density at radius 2 is 0.857 bits per heavy atom. The fourth-order valence-corrected chi connectivity index (χ4v) is 8.02. The SMILES string of the molecule is CCCCCC/C=C\C/C=C\CCCCCCCCCC(=O)OC(COC(=O)CCCCCCCCCCC/C=C\CCCCCCCCCC)COP(=O)(O)OCC[N+](C)(C)C. The van der Waals surface area contributed by atoms with E-state index in [2.05, 4.69) is 50.3 Å². The summed E-state index contributed by atoms with van der Waals surface area (Å²) >= 11 is 0. The van der Waals surface area contributed by atoms with Gasteiger partial charge in [0.25, 0.3) is 0 Å². The van der Waals surface area contributed by atoms with Crippen LogP contribution in [0.25, 0.3) is 0 Å². The number of unbranched alkanes of at least 4 members (excludes halogenated alkanes) is 28. The van der Waals surface area contributed by atoms with Gasteiger partial charge in [-0.3, -0.25) is 18.6 Å².